The van der Waals surface area contributed by atoms with Crippen LogP contribution in [0.4, 0.5) is 0 Å². The average Bonchev–Trinajstić information content (AvgIpc) is 2.89. The van der Waals surface area contributed by atoms with Crippen LogP contribution in [0.15, 0.2) is 9.59 Å². The van der Waals surface area contributed by atoms with E-state index in [1.807, 2.05) is 0 Å². The molecule has 0 saturated heterocycles. The van der Waals surface area contributed by atoms with Crippen molar-refractivity contribution in [2.24, 2.45) is 5.92 Å². The number of amides is 1. The predicted octanol–water partition coefficient (Wildman–Crippen LogP) is 1.79. The number of nitrogens with one attached hydrogen (secondary N) is 2. The molecule has 0 aromatic carbocycles. The Kier molecular flexibility index (Phi) is 4.89. The van der Waals surface area contributed by atoms with Crippen molar-refractivity contribution in [3.63, 3.8) is 0 Å². The van der Waals surface area contributed by atoms with Gasteiger partial charge < -0.3 is 5.32 Å². The fourth-order valence-corrected chi connectivity index (χ4v) is 4.39. The predicted molar refractivity (Wildman–Crippen MR) is 95.8 cm³/mol. The first-order valence-electron chi connectivity index (χ1n) is 8.51. The number of carbonyl (C=O) groups excluding carboxylic acids is 1. The Labute approximate surface area is 143 Å². The summed E-state index contributed by atoms with van der Waals surface area (Å²) in [7, 11) is 0. The lowest BCUT2D eigenvalue weighted by atomic mass is 9.97. The quantitative estimate of drug-likeness (QED) is 0.863. The number of nitrogens with zero attached hydrogens (tertiary/aromatic N) is 1. The molecule has 0 atom stereocenters. The van der Waals surface area contributed by atoms with Gasteiger partial charge in [0.2, 0.25) is 5.91 Å². The van der Waals surface area contributed by atoms with E-state index in [0.717, 1.165) is 42.2 Å². The first kappa shape index (κ1) is 17.0. The highest BCUT2D eigenvalue weighted by atomic mass is 32.1. The lowest BCUT2D eigenvalue weighted by Crippen LogP contribution is -2.40. The standard InChI is InChI=1S/C17H23N3O3S/c1-10(2)7-8-18-13(21)9-20-16(22)14-11-5-3-4-6-12(11)24-15(14)19-17(20)23/h10H,3-9H2,1-2H3,(H,18,21)(H,19,23). The number of fused-ring (bicyclic) bond motifs is 3. The van der Waals surface area contributed by atoms with E-state index >= 15 is 0 Å². The average molecular weight is 349 g/mol. The van der Waals surface area contributed by atoms with Gasteiger partial charge in [-0.2, -0.15) is 0 Å². The van der Waals surface area contributed by atoms with Gasteiger partial charge in [-0.05, 0) is 43.6 Å². The normalized spacial score (nSPS) is 14.1. The van der Waals surface area contributed by atoms with Gasteiger partial charge in [0.05, 0.1) is 5.39 Å². The fourth-order valence-electron chi connectivity index (χ4n) is 3.12. The molecule has 1 amide bonds. The van der Waals surface area contributed by atoms with E-state index in [1.165, 1.54) is 16.2 Å². The Hall–Kier alpha value is -1.89. The number of aryl methyl sites for hydroxylation is 2. The first-order valence-corrected chi connectivity index (χ1v) is 9.33. The second-order valence-electron chi connectivity index (χ2n) is 6.77. The number of H-pyrrole nitrogens is 1. The van der Waals surface area contributed by atoms with Crippen LogP contribution in [0.25, 0.3) is 10.2 Å². The second-order valence-corrected chi connectivity index (χ2v) is 7.87. The third kappa shape index (κ3) is 3.31. The van der Waals surface area contributed by atoms with Gasteiger partial charge >= 0.3 is 5.69 Å². The Bertz CT molecular complexity index is 876. The third-order valence-corrected chi connectivity index (χ3v) is 5.65. The maximum Gasteiger partial charge on any atom is 0.329 e. The molecule has 0 fully saturated rings. The third-order valence-electron chi connectivity index (χ3n) is 4.44. The minimum atomic E-state index is -0.509. The van der Waals surface area contributed by atoms with Crippen molar-refractivity contribution < 1.29 is 4.79 Å². The Balaban J connectivity index is 1.90. The van der Waals surface area contributed by atoms with Gasteiger partial charge in [-0.3, -0.25) is 19.1 Å². The van der Waals surface area contributed by atoms with Gasteiger partial charge in [-0.15, -0.1) is 11.3 Å². The second kappa shape index (κ2) is 6.93. The zero-order valence-electron chi connectivity index (χ0n) is 14.1. The molecular formula is C17H23N3O3S. The molecule has 1 aliphatic rings. The lowest BCUT2D eigenvalue weighted by molar-refractivity contribution is -0.121. The molecule has 3 rings (SSSR count). The SMILES string of the molecule is CC(C)CCNC(=O)Cn1c(=O)[nH]c2sc3c(c2c1=O)CCCC3. The summed E-state index contributed by atoms with van der Waals surface area (Å²) in [6.07, 6.45) is 4.89. The van der Waals surface area contributed by atoms with Gasteiger partial charge in [-0.1, -0.05) is 13.8 Å². The van der Waals surface area contributed by atoms with Crippen molar-refractivity contribution in [2.75, 3.05) is 6.54 Å². The zero-order chi connectivity index (χ0) is 17.3. The number of thiophene rings is 1. The molecule has 2 heterocycles. The Morgan fingerprint density at radius 2 is 2.04 bits per heavy atom. The van der Waals surface area contributed by atoms with Gasteiger partial charge in [0.25, 0.3) is 5.56 Å². The van der Waals surface area contributed by atoms with E-state index < -0.39 is 5.69 Å². The molecule has 130 valence electrons. The van der Waals surface area contributed by atoms with Crippen LogP contribution >= 0.6 is 11.3 Å². The van der Waals surface area contributed by atoms with Crippen molar-refractivity contribution >= 4 is 27.5 Å². The van der Waals surface area contributed by atoms with Crippen molar-refractivity contribution in [1.82, 2.24) is 14.9 Å². The molecule has 0 bridgehead atoms. The molecule has 0 aliphatic heterocycles. The molecule has 0 unspecified atom stereocenters. The van der Waals surface area contributed by atoms with Gasteiger partial charge in [-0.25, -0.2) is 4.79 Å². The number of rotatable bonds is 5. The van der Waals surface area contributed by atoms with Gasteiger partial charge in [0.1, 0.15) is 11.4 Å². The molecule has 0 saturated carbocycles. The molecule has 24 heavy (non-hydrogen) atoms. The van der Waals surface area contributed by atoms with Crippen molar-refractivity contribution in [2.45, 2.75) is 52.5 Å². The molecule has 7 heteroatoms. The van der Waals surface area contributed by atoms with Gasteiger partial charge in [0, 0.05) is 11.4 Å². The van der Waals surface area contributed by atoms with Crippen molar-refractivity contribution in [3.05, 3.63) is 31.3 Å². The molecule has 0 spiro atoms. The molecular weight excluding hydrogens is 326 g/mol. The molecule has 1 aliphatic carbocycles. The van der Waals surface area contributed by atoms with Crippen LogP contribution < -0.4 is 16.6 Å². The number of hydrogen-bond acceptors (Lipinski definition) is 4. The van der Waals surface area contributed by atoms with Crippen molar-refractivity contribution in [1.29, 1.82) is 0 Å². The minimum absolute atomic E-state index is 0.229. The maximum atomic E-state index is 12.8. The monoisotopic (exact) mass is 349 g/mol. The van der Waals surface area contributed by atoms with Crippen LogP contribution in [0.3, 0.4) is 0 Å². The van der Waals surface area contributed by atoms with Crippen LogP contribution in [-0.2, 0) is 24.2 Å². The highest BCUT2D eigenvalue weighted by Gasteiger charge is 2.21. The van der Waals surface area contributed by atoms with E-state index in [1.54, 1.807) is 0 Å². The van der Waals surface area contributed by atoms with Crippen LogP contribution in [-0.4, -0.2) is 22.0 Å². The van der Waals surface area contributed by atoms with Crippen LogP contribution in [0.1, 0.15) is 43.6 Å². The van der Waals surface area contributed by atoms with Crippen LogP contribution in [0.2, 0.25) is 0 Å². The van der Waals surface area contributed by atoms with Gasteiger partial charge in [0.15, 0.2) is 0 Å². The Morgan fingerprint density at radius 3 is 2.79 bits per heavy atom. The molecule has 2 N–H and O–H groups in total. The highest BCUT2D eigenvalue weighted by molar-refractivity contribution is 7.18. The van der Waals surface area contributed by atoms with Crippen LogP contribution in [0, 0.1) is 5.92 Å². The molecule has 2 aromatic heterocycles. The highest BCUT2D eigenvalue weighted by Crippen LogP contribution is 2.32. The number of aromatic nitrogens is 2. The smallest absolute Gasteiger partial charge is 0.329 e. The number of aromatic amines is 1. The summed E-state index contributed by atoms with van der Waals surface area (Å²) in [6, 6.07) is 0. The zero-order valence-corrected chi connectivity index (χ0v) is 14.9. The largest absolute Gasteiger partial charge is 0.355 e. The number of carbonyl (C=O) groups is 1. The summed E-state index contributed by atoms with van der Waals surface area (Å²) >= 11 is 1.50. The molecule has 2 aromatic rings. The topological polar surface area (TPSA) is 84.0 Å². The van der Waals surface area contributed by atoms with E-state index in [2.05, 4.69) is 24.1 Å². The summed E-state index contributed by atoms with van der Waals surface area (Å²) in [5, 5.41) is 3.37. The van der Waals surface area contributed by atoms with Crippen molar-refractivity contribution in [3.8, 4) is 0 Å². The number of hydrogen-bond donors (Lipinski definition) is 2. The van der Waals surface area contributed by atoms with E-state index in [9.17, 15) is 14.4 Å². The summed E-state index contributed by atoms with van der Waals surface area (Å²) in [5.74, 6) is 0.191. The maximum absolute atomic E-state index is 12.8. The molecule has 6 nitrogen and oxygen atoms in total. The Morgan fingerprint density at radius 1 is 1.29 bits per heavy atom. The van der Waals surface area contributed by atoms with E-state index in [-0.39, 0.29) is 18.0 Å². The van der Waals surface area contributed by atoms with Crippen LogP contribution in [0.5, 0.6) is 0 Å². The van der Waals surface area contributed by atoms with E-state index in [0.29, 0.717) is 22.7 Å². The fraction of sp³-hybridized carbons (Fsp3) is 0.588. The molecule has 0 radical (unpaired) electrons. The minimum Gasteiger partial charge on any atom is -0.355 e. The summed E-state index contributed by atoms with van der Waals surface area (Å²) in [6.45, 7) is 4.48. The van der Waals surface area contributed by atoms with E-state index in [4.69, 9.17) is 0 Å². The lowest BCUT2D eigenvalue weighted by Gasteiger charge is -2.11. The summed E-state index contributed by atoms with van der Waals surface area (Å²) < 4.78 is 1.02. The summed E-state index contributed by atoms with van der Waals surface area (Å²) in [4.78, 5) is 41.7. The summed E-state index contributed by atoms with van der Waals surface area (Å²) in [5.41, 5.74) is 0.216. The first-order chi connectivity index (χ1) is 11.5.